The van der Waals surface area contributed by atoms with Gasteiger partial charge < -0.3 is 49.7 Å². The van der Waals surface area contributed by atoms with E-state index in [1.165, 1.54) is 31.3 Å². The largest absolute Gasteiger partial charge is 0.453 e. The van der Waals surface area contributed by atoms with Crippen molar-refractivity contribution in [3.05, 3.63) is 82.9 Å². The molecule has 0 radical (unpaired) electrons. The second-order valence-electron chi connectivity index (χ2n) is 20.9. The van der Waals surface area contributed by atoms with Crippen LogP contribution in [0.15, 0.2) is 48.5 Å². The maximum absolute atomic E-state index is 16.5. The van der Waals surface area contributed by atoms with E-state index in [1.807, 2.05) is 75.9 Å². The number of H-pyrrole nitrogens is 2. The third-order valence-corrected chi connectivity index (χ3v) is 15.1. The number of nitrogens with one attached hydrogen (secondary N) is 4. The van der Waals surface area contributed by atoms with E-state index < -0.39 is 48.0 Å². The number of piperidine rings is 1. The number of nitrogens with zero attached hydrogens (tertiary/aromatic N) is 6. The molecule has 406 valence electrons. The zero-order chi connectivity index (χ0) is 53.9. The molecule has 5 aromatic rings. The van der Waals surface area contributed by atoms with Crippen molar-refractivity contribution < 1.29 is 50.6 Å². The van der Waals surface area contributed by atoms with Crippen LogP contribution >= 0.6 is 0 Å². The molecule has 2 aromatic heterocycles. The van der Waals surface area contributed by atoms with Gasteiger partial charge in [0, 0.05) is 37.9 Å². The molecular weight excluding hydrogens is 980 g/mol. The Morgan fingerprint density at radius 2 is 1.43 bits per heavy atom. The second-order valence-corrected chi connectivity index (χ2v) is 20.9. The Morgan fingerprint density at radius 3 is 2.07 bits per heavy atom. The molecule has 16 nitrogen and oxygen atoms in total. The van der Waals surface area contributed by atoms with Gasteiger partial charge in [0.15, 0.2) is 11.6 Å². The summed E-state index contributed by atoms with van der Waals surface area (Å²) >= 11 is 0. The first-order valence-electron chi connectivity index (χ1n) is 26.1. The van der Waals surface area contributed by atoms with E-state index in [4.69, 9.17) is 19.4 Å². The molecule has 3 aliphatic heterocycles. The van der Waals surface area contributed by atoms with Gasteiger partial charge in [-0.05, 0) is 111 Å². The van der Waals surface area contributed by atoms with E-state index in [9.17, 15) is 32.3 Å². The number of rotatable bonds is 17. The van der Waals surface area contributed by atoms with Crippen LogP contribution in [0.1, 0.15) is 121 Å². The lowest BCUT2D eigenvalue weighted by Crippen LogP contribution is -2.51. The summed E-state index contributed by atoms with van der Waals surface area (Å²) in [6.07, 6.45) is -1.60. The summed E-state index contributed by atoms with van der Waals surface area (Å²) in [5.41, 5.74) is 4.49. The van der Waals surface area contributed by atoms with Gasteiger partial charge in [-0.15, -0.1) is 0 Å². The third kappa shape index (κ3) is 12.1. The van der Waals surface area contributed by atoms with Gasteiger partial charge in [0.25, 0.3) is 0 Å². The molecule has 8 rings (SSSR count). The van der Waals surface area contributed by atoms with Crippen LogP contribution < -0.4 is 20.4 Å². The van der Waals surface area contributed by atoms with Gasteiger partial charge in [-0.25, -0.2) is 28.3 Å². The molecule has 3 aliphatic rings. The minimum absolute atomic E-state index is 0.136. The van der Waals surface area contributed by atoms with Crippen LogP contribution in [0, 0.1) is 29.4 Å². The Kier molecular flexibility index (Phi) is 16.8. The highest BCUT2D eigenvalue weighted by molar-refractivity contribution is 5.87. The van der Waals surface area contributed by atoms with Crippen molar-refractivity contribution in [1.82, 2.24) is 40.4 Å². The summed E-state index contributed by atoms with van der Waals surface area (Å²) in [6, 6.07) is 11.7. The second kappa shape index (κ2) is 23.1. The molecule has 21 heteroatoms. The van der Waals surface area contributed by atoms with E-state index in [-0.39, 0.29) is 85.6 Å². The number of alkyl carbamates (subject to hydrolysis) is 2. The van der Waals surface area contributed by atoms with Crippen LogP contribution in [-0.2, 0) is 32.0 Å². The first-order valence-corrected chi connectivity index (χ1v) is 26.1. The molecule has 0 spiro atoms. The van der Waals surface area contributed by atoms with Crippen molar-refractivity contribution in [1.29, 1.82) is 0 Å². The zero-order valence-electron chi connectivity index (χ0n) is 43.7. The highest BCUT2D eigenvalue weighted by Gasteiger charge is 2.43. The molecule has 3 saturated heterocycles. The van der Waals surface area contributed by atoms with Gasteiger partial charge in [0.2, 0.25) is 11.8 Å². The Hall–Kier alpha value is -6.67. The van der Waals surface area contributed by atoms with Crippen LogP contribution in [0.3, 0.4) is 0 Å². The summed E-state index contributed by atoms with van der Waals surface area (Å²) < 4.78 is 83.2. The quantitative estimate of drug-likeness (QED) is 0.0655. The van der Waals surface area contributed by atoms with Crippen LogP contribution in [0.2, 0.25) is 0 Å². The van der Waals surface area contributed by atoms with Crippen molar-refractivity contribution in [3.8, 4) is 0 Å². The van der Waals surface area contributed by atoms with Crippen LogP contribution in [0.25, 0.3) is 22.1 Å². The fourth-order valence-electron chi connectivity index (χ4n) is 11.1. The number of hydrogen-bond acceptors (Lipinski definition) is 10. The molecular formula is C54H69F5N10O6. The summed E-state index contributed by atoms with van der Waals surface area (Å²) in [5, 5.41) is 5.36. The van der Waals surface area contributed by atoms with Crippen molar-refractivity contribution in [2.45, 2.75) is 135 Å². The highest BCUT2D eigenvalue weighted by Crippen LogP contribution is 2.45. The average Bonchev–Trinajstić information content (AvgIpc) is 4.20. The van der Waals surface area contributed by atoms with Gasteiger partial charge in [-0.3, -0.25) is 9.59 Å². The van der Waals surface area contributed by atoms with Crippen molar-refractivity contribution in [2.24, 2.45) is 17.8 Å². The SMILES string of the molecule is CCCCN(Cc1nc2cc([C@H]3CCC(Cc4ccc5[nH]c([C@@H]6CCCN6C(=O)[C@@H](NC(=O)OC)C(C)C)nc5c4)N3c3cc(F)c(N4CCC(C(F)(F)F)CC4)c(F)c3)ccc2[nH]1)C(=O)[C@@H](NC(=O)OC)C(C)C. The Balaban J connectivity index is 1.09. The minimum atomic E-state index is -4.38. The molecule has 3 aromatic carbocycles. The van der Waals surface area contributed by atoms with Gasteiger partial charge in [0.05, 0.1) is 60.8 Å². The topological polar surface area (TPSA) is 181 Å². The third-order valence-electron chi connectivity index (χ3n) is 15.1. The number of imidazole rings is 2. The highest BCUT2D eigenvalue weighted by atomic mass is 19.4. The fourth-order valence-corrected chi connectivity index (χ4v) is 11.1. The number of aromatic amines is 2. The summed E-state index contributed by atoms with van der Waals surface area (Å²) in [4.78, 5) is 75.7. The Morgan fingerprint density at radius 1 is 0.787 bits per heavy atom. The predicted molar refractivity (Wildman–Crippen MR) is 274 cm³/mol. The minimum Gasteiger partial charge on any atom is -0.453 e. The number of aromatic nitrogens is 4. The van der Waals surface area contributed by atoms with Gasteiger partial charge in [-0.2, -0.15) is 13.2 Å². The van der Waals surface area contributed by atoms with E-state index >= 15 is 8.78 Å². The molecule has 0 bridgehead atoms. The average molecular weight is 1050 g/mol. The van der Waals surface area contributed by atoms with Gasteiger partial charge >= 0.3 is 18.4 Å². The lowest BCUT2D eigenvalue weighted by Gasteiger charge is -2.36. The Bertz CT molecular complexity index is 2820. The standard InChI is InChI=1S/C54H69F5N10O6/c1-8-9-20-67(50(70)46(30(2)3)64-52(72)74-6)29-45-60-39-16-13-33(26-42(39)61-45)43-17-14-35(69(43)36-27-37(55)48(38(56)28-36)66-22-18-34(19-23-66)54(57,58)59)24-32-12-15-40-41(25-32)63-49(62-40)44-11-10-21-68(44)51(71)47(31(4)5)65-53(73)75-7/h12-13,15-16,25-28,30-31,34-35,43-44,46-47H,8-11,14,17-24,29H2,1-7H3,(H,60,61)(H,62,63)(H,64,72)(H,65,73)/t35?,43-,44+,46+,47+/m1/s1. The molecule has 1 unspecified atom stereocenters. The van der Waals surface area contributed by atoms with Crippen molar-refractivity contribution in [3.63, 3.8) is 0 Å². The summed E-state index contributed by atoms with van der Waals surface area (Å²) in [7, 11) is 2.50. The molecule has 4 amide bonds. The molecule has 5 heterocycles. The lowest BCUT2D eigenvalue weighted by molar-refractivity contribution is -0.179. The maximum Gasteiger partial charge on any atom is 0.407 e. The first kappa shape index (κ1) is 54.6. The zero-order valence-corrected chi connectivity index (χ0v) is 43.7. The van der Waals surface area contributed by atoms with Crippen LogP contribution in [-0.4, -0.2) is 118 Å². The van der Waals surface area contributed by atoms with Crippen molar-refractivity contribution >= 4 is 57.4 Å². The van der Waals surface area contributed by atoms with E-state index in [1.54, 1.807) is 9.80 Å². The van der Waals surface area contributed by atoms with E-state index in [0.717, 1.165) is 41.4 Å². The number of hydrogen-bond donors (Lipinski definition) is 4. The number of halogens is 5. The van der Waals surface area contributed by atoms with Gasteiger partial charge in [-0.1, -0.05) is 53.2 Å². The van der Waals surface area contributed by atoms with Crippen LogP contribution in [0.5, 0.6) is 0 Å². The normalized spacial score (nSPS) is 19.3. The molecule has 75 heavy (non-hydrogen) atoms. The monoisotopic (exact) mass is 1050 g/mol. The first-order chi connectivity index (χ1) is 35.8. The van der Waals surface area contributed by atoms with E-state index in [2.05, 4.69) is 20.6 Å². The number of fused-ring (bicyclic) bond motifs is 2. The number of unbranched alkanes of at least 4 members (excludes halogenated alkanes) is 1. The predicted octanol–water partition coefficient (Wildman–Crippen LogP) is 10.0. The molecule has 5 atom stereocenters. The number of amides is 4. The number of ether oxygens (including phenoxy) is 2. The summed E-state index contributed by atoms with van der Waals surface area (Å²) in [5.74, 6) is -2.99. The molecule has 4 N–H and O–H groups in total. The maximum atomic E-state index is 16.5. The molecule has 0 saturated carbocycles. The Labute approximate surface area is 433 Å². The fraction of sp³-hybridized carbons (Fsp3) is 0.556. The number of alkyl halides is 3. The smallest absolute Gasteiger partial charge is 0.407 e. The van der Waals surface area contributed by atoms with E-state index in [0.29, 0.717) is 61.5 Å². The number of methoxy groups -OCH3 is 2. The van der Waals surface area contributed by atoms with Crippen LogP contribution in [0.4, 0.5) is 42.9 Å². The lowest BCUT2D eigenvalue weighted by atomic mass is 9.95. The van der Waals surface area contributed by atoms with Crippen molar-refractivity contribution in [2.75, 3.05) is 50.2 Å². The molecule has 0 aliphatic carbocycles. The number of likely N-dealkylation sites (tertiary alicyclic amines) is 1. The number of carbonyl (C=O) groups is 4. The number of benzene rings is 3. The van der Waals surface area contributed by atoms with Gasteiger partial charge in [0.1, 0.15) is 29.4 Å². The number of carbonyl (C=O) groups excluding carboxylic acids is 4. The molecule has 3 fully saturated rings. The summed E-state index contributed by atoms with van der Waals surface area (Å²) in [6.45, 7) is 10.2. The number of anilines is 2.